The zero-order valence-electron chi connectivity index (χ0n) is 13.4. The minimum absolute atomic E-state index is 0.0789. The number of hydrogen-bond acceptors (Lipinski definition) is 6. The molecule has 0 aliphatic carbocycles. The largest absolute Gasteiger partial charge is 0.486 e. The molecule has 1 N–H and O–H groups in total. The number of benzene rings is 1. The van der Waals surface area contributed by atoms with Gasteiger partial charge in [-0.15, -0.1) is 0 Å². The Morgan fingerprint density at radius 3 is 2.52 bits per heavy atom. The average Bonchev–Trinajstić information content (AvgIpc) is 3.32. The van der Waals surface area contributed by atoms with Gasteiger partial charge in [0.05, 0.1) is 19.6 Å². The number of hydrogen-bond donors (Lipinski definition) is 1. The molecule has 1 aromatic carbocycles. The van der Waals surface area contributed by atoms with Crippen LogP contribution in [0.1, 0.15) is 26.7 Å². The van der Waals surface area contributed by atoms with E-state index >= 15 is 0 Å². The molecule has 3 aromatic rings. The summed E-state index contributed by atoms with van der Waals surface area (Å²) in [5.41, 5.74) is 0.923. The van der Waals surface area contributed by atoms with Crippen LogP contribution in [0.3, 0.4) is 0 Å². The fraction of sp³-hybridized carbons (Fsp3) is 0.111. The second-order valence-electron chi connectivity index (χ2n) is 4.99. The maximum absolute atomic E-state index is 11.9. The Bertz CT molecular complexity index is 848. The highest BCUT2D eigenvalue weighted by Gasteiger charge is 2.15. The molecule has 0 aliphatic rings. The third-order valence-electron chi connectivity index (χ3n) is 3.38. The van der Waals surface area contributed by atoms with Gasteiger partial charge in [-0.2, -0.15) is 0 Å². The van der Waals surface area contributed by atoms with Crippen molar-refractivity contribution in [3.8, 4) is 5.75 Å². The van der Waals surface area contributed by atoms with Crippen LogP contribution < -0.4 is 10.1 Å². The summed E-state index contributed by atoms with van der Waals surface area (Å²) in [6, 6.07) is 11.5. The van der Waals surface area contributed by atoms with Crippen molar-refractivity contribution >= 4 is 17.6 Å². The second kappa shape index (κ2) is 7.39. The van der Waals surface area contributed by atoms with Crippen LogP contribution in [0.5, 0.6) is 5.75 Å². The highest BCUT2D eigenvalue weighted by atomic mass is 16.5. The van der Waals surface area contributed by atoms with E-state index in [0.717, 1.165) is 0 Å². The molecule has 0 unspecified atom stereocenters. The van der Waals surface area contributed by atoms with Gasteiger partial charge in [-0.1, -0.05) is 0 Å². The number of nitrogens with one attached hydrogen (secondary N) is 1. The van der Waals surface area contributed by atoms with Gasteiger partial charge in [-0.05, 0) is 42.5 Å². The van der Waals surface area contributed by atoms with Gasteiger partial charge in [0.1, 0.15) is 17.9 Å². The van der Waals surface area contributed by atoms with E-state index in [0.29, 0.717) is 22.8 Å². The zero-order chi connectivity index (χ0) is 17.6. The molecule has 128 valence electrons. The number of esters is 1. The highest BCUT2D eigenvalue weighted by molar-refractivity contribution is 6.02. The standard InChI is InChI=1S/C18H15NO6/c1-22-18(21)14-8-10-24-16(14)11-25-13-6-4-12(5-7-13)19-17(20)15-3-2-9-23-15/h2-10H,11H2,1H3,(H,19,20). The number of rotatable bonds is 6. The SMILES string of the molecule is COC(=O)c1ccoc1COc1ccc(NC(=O)c2ccco2)cc1. The van der Waals surface area contributed by atoms with Crippen LogP contribution in [0, 0.1) is 0 Å². The van der Waals surface area contributed by atoms with E-state index in [1.165, 1.54) is 25.7 Å². The molecule has 0 spiro atoms. The molecule has 25 heavy (non-hydrogen) atoms. The third kappa shape index (κ3) is 3.89. The maximum Gasteiger partial charge on any atom is 0.341 e. The van der Waals surface area contributed by atoms with Crippen molar-refractivity contribution in [3.63, 3.8) is 0 Å². The Balaban J connectivity index is 1.59. The summed E-state index contributed by atoms with van der Waals surface area (Å²) in [6.07, 6.45) is 2.83. The second-order valence-corrected chi connectivity index (χ2v) is 4.99. The number of anilines is 1. The number of ether oxygens (including phenoxy) is 2. The van der Waals surface area contributed by atoms with Crippen molar-refractivity contribution in [2.45, 2.75) is 6.61 Å². The molecular weight excluding hydrogens is 326 g/mol. The van der Waals surface area contributed by atoms with Crippen LogP contribution >= 0.6 is 0 Å². The van der Waals surface area contributed by atoms with Gasteiger partial charge in [-0.25, -0.2) is 4.79 Å². The highest BCUT2D eigenvalue weighted by Crippen LogP contribution is 2.19. The third-order valence-corrected chi connectivity index (χ3v) is 3.38. The van der Waals surface area contributed by atoms with Gasteiger partial charge in [0, 0.05) is 5.69 Å². The minimum atomic E-state index is -0.483. The molecule has 0 fully saturated rings. The smallest absolute Gasteiger partial charge is 0.341 e. The van der Waals surface area contributed by atoms with Crippen molar-refractivity contribution in [1.82, 2.24) is 0 Å². The lowest BCUT2D eigenvalue weighted by Crippen LogP contribution is -2.10. The molecule has 3 rings (SSSR count). The number of carbonyl (C=O) groups excluding carboxylic acids is 2. The summed E-state index contributed by atoms with van der Waals surface area (Å²) in [4.78, 5) is 23.4. The summed E-state index contributed by atoms with van der Waals surface area (Å²) < 4.78 is 20.5. The summed E-state index contributed by atoms with van der Waals surface area (Å²) >= 11 is 0. The molecule has 2 heterocycles. The van der Waals surface area contributed by atoms with Gasteiger partial charge in [0.25, 0.3) is 5.91 Å². The van der Waals surface area contributed by atoms with Crippen molar-refractivity contribution in [2.75, 3.05) is 12.4 Å². The molecule has 0 radical (unpaired) electrons. The summed E-state index contributed by atoms with van der Waals surface area (Å²) in [5, 5.41) is 2.70. The lowest BCUT2D eigenvalue weighted by molar-refractivity contribution is 0.0595. The Morgan fingerprint density at radius 1 is 1.04 bits per heavy atom. The predicted molar refractivity (Wildman–Crippen MR) is 87.5 cm³/mol. The van der Waals surface area contributed by atoms with Gasteiger partial charge in [0.15, 0.2) is 11.5 Å². The lowest BCUT2D eigenvalue weighted by atomic mass is 10.2. The summed E-state index contributed by atoms with van der Waals surface area (Å²) in [6.45, 7) is 0.0789. The van der Waals surface area contributed by atoms with E-state index in [1.54, 1.807) is 36.4 Å². The van der Waals surface area contributed by atoms with E-state index in [2.05, 4.69) is 10.1 Å². The number of furan rings is 2. The molecule has 0 saturated carbocycles. The van der Waals surface area contributed by atoms with Crippen LogP contribution in [-0.4, -0.2) is 19.0 Å². The number of amides is 1. The molecule has 0 atom stereocenters. The van der Waals surface area contributed by atoms with Gasteiger partial charge < -0.3 is 23.6 Å². The van der Waals surface area contributed by atoms with E-state index in [9.17, 15) is 9.59 Å². The summed E-state index contributed by atoms with van der Waals surface area (Å²) in [5.74, 6) is 0.346. The Kier molecular flexibility index (Phi) is 4.84. The molecule has 0 saturated heterocycles. The first-order valence-electron chi connectivity index (χ1n) is 7.40. The van der Waals surface area contributed by atoms with Crippen LogP contribution in [-0.2, 0) is 11.3 Å². The van der Waals surface area contributed by atoms with Gasteiger partial charge in [0.2, 0.25) is 0 Å². The van der Waals surface area contributed by atoms with Crippen molar-refractivity contribution in [3.05, 3.63) is 72.1 Å². The van der Waals surface area contributed by atoms with Crippen LogP contribution in [0.4, 0.5) is 5.69 Å². The van der Waals surface area contributed by atoms with Crippen LogP contribution in [0.25, 0.3) is 0 Å². The van der Waals surface area contributed by atoms with Crippen LogP contribution in [0.15, 0.2) is 63.8 Å². The topological polar surface area (TPSA) is 90.9 Å². The van der Waals surface area contributed by atoms with E-state index in [-0.39, 0.29) is 18.3 Å². The molecule has 0 bridgehead atoms. The van der Waals surface area contributed by atoms with Crippen molar-refractivity contribution in [2.24, 2.45) is 0 Å². The molecule has 1 amide bonds. The lowest BCUT2D eigenvalue weighted by Gasteiger charge is -2.07. The molecular formula is C18H15NO6. The fourth-order valence-corrected chi connectivity index (χ4v) is 2.13. The first-order chi connectivity index (χ1) is 12.2. The predicted octanol–water partition coefficient (Wildman–Crippen LogP) is 3.49. The molecule has 7 nitrogen and oxygen atoms in total. The first-order valence-corrected chi connectivity index (χ1v) is 7.40. The monoisotopic (exact) mass is 341 g/mol. The Labute approximate surface area is 143 Å². The van der Waals surface area contributed by atoms with E-state index < -0.39 is 5.97 Å². The molecule has 7 heteroatoms. The van der Waals surface area contributed by atoms with Gasteiger partial charge >= 0.3 is 5.97 Å². The first kappa shape index (κ1) is 16.4. The minimum Gasteiger partial charge on any atom is -0.486 e. The van der Waals surface area contributed by atoms with E-state index in [1.807, 2.05) is 0 Å². The van der Waals surface area contributed by atoms with Crippen LogP contribution in [0.2, 0.25) is 0 Å². The zero-order valence-corrected chi connectivity index (χ0v) is 13.4. The summed E-state index contributed by atoms with van der Waals surface area (Å²) in [7, 11) is 1.30. The Hall–Kier alpha value is -3.48. The average molecular weight is 341 g/mol. The number of carbonyl (C=O) groups is 2. The van der Waals surface area contributed by atoms with Gasteiger partial charge in [-0.3, -0.25) is 4.79 Å². The molecule has 0 aliphatic heterocycles. The van der Waals surface area contributed by atoms with Crippen molar-refractivity contribution in [1.29, 1.82) is 0 Å². The maximum atomic E-state index is 11.9. The Morgan fingerprint density at radius 2 is 1.84 bits per heavy atom. The van der Waals surface area contributed by atoms with Crippen molar-refractivity contribution < 1.29 is 27.9 Å². The number of methoxy groups -OCH3 is 1. The quantitative estimate of drug-likeness (QED) is 0.690. The van der Waals surface area contributed by atoms with E-state index in [4.69, 9.17) is 13.6 Å². The fourth-order valence-electron chi connectivity index (χ4n) is 2.13. The molecule has 2 aromatic heterocycles. The normalized spacial score (nSPS) is 10.3.